The standard InChI is InChI=1S/C20H22N4O3S/c1-4-15-6-8-16(9-7-15)21-19-11-12-20(23-22-19)24-28(25,26)18-13-14(2)5-10-17(18)27-3/h5-13H,4H2,1-3H3,(H,21,22)(H,23,24). The Hall–Kier alpha value is -3.13. The van der Waals surface area contributed by atoms with E-state index < -0.39 is 10.0 Å². The molecule has 7 nitrogen and oxygen atoms in total. The van der Waals surface area contributed by atoms with E-state index in [0.717, 1.165) is 17.7 Å². The molecule has 0 aliphatic heterocycles. The predicted octanol–water partition coefficient (Wildman–Crippen LogP) is 3.90. The van der Waals surface area contributed by atoms with Gasteiger partial charge in [0.25, 0.3) is 10.0 Å². The fourth-order valence-corrected chi connectivity index (χ4v) is 3.86. The maximum atomic E-state index is 12.7. The maximum Gasteiger partial charge on any atom is 0.266 e. The molecule has 0 aliphatic rings. The normalized spacial score (nSPS) is 11.1. The number of benzene rings is 2. The first-order valence-corrected chi connectivity index (χ1v) is 10.3. The zero-order valence-electron chi connectivity index (χ0n) is 15.9. The van der Waals surface area contributed by atoms with Crippen LogP contribution in [-0.2, 0) is 16.4 Å². The molecule has 0 fully saturated rings. The van der Waals surface area contributed by atoms with Crippen LogP contribution in [0.3, 0.4) is 0 Å². The van der Waals surface area contributed by atoms with Gasteiger partial charge in [-0.25, -0.2) is 8.42 Å². The van der Waals surface area contributed by atoms with E-state index in [4.69, 9.17) is 4.74 Å². The van der Waals surface area contributed by atoms with Crippen LogP contribution in [0.15, 0.2) is 59.5 Å². The lowest BCUT2D eigenvalue weighted by molar-refractivity contribution is 0.402. The molecular weight excluding hydrogens is 376 g/mol. The molecule has 0 saturated heterocycles. The van der Waals surface area contributed by atoms with Crippen molar-refractivity contribution in [2.45, 2.75) is 25.2 Å². The van der Waals surface area contributed by atoms with E-state index in [1.165, 1.54) is 12.7 Å². The second kappa shape index (κ2) is 8.26. The van der Waals surface area contributed by atoms with Crippen LogP contribution >= 0.6 is 0 Å². The van der Waals surface area contributed by atoms with Gasteiger partial charge < -0.3 is 10.1 Å². The number of sulfonamides is 1. The molecule has 2 N–H and O–H groups in total. The van der Waals surface area contributed by atoms with Crippen molar-refractivity contribution >= 4 is 27.3 Å². The Kier molecular flexibility index (Phi) is 5.79. The van der Waals surface area contributed by atoms with Crippen molar-refractivity contribution in [1.82, 2.24) is 10.2 Å². The van der Waals surface area contributed by atoms with E-state index in [1.54, 1.807) is 30.3 Å². The smallest absolute Gasteiger partial charge is 0.266 e. The summed E-state index contributed by atoms with van der Waals surface area (Å²) < 4.78 is 33.0. The van der Waals surface area contributed by atoms with Gasteiger partial charge in [-0.2, -0.15) is 0 Å². The largest absolute Gasteiger partial charge is 0.495 e. The molecule has 8 heteroatoms. The van der Waals surface area contributed by atoms with Gasteiger partial charge in [-0.15, -0.1) is 10.2 Å². The number of anilines is 3. The predicted molar refractivity (Wildman–Crippen MR) is 110 cm³/mol. The molecule has 0 radical (unpaired) electrons. The molecule has 3 aromatic rings. The van der Waals surface area contributed by atoms with Gasteiger partial charge in [-0.3, -0.25) is 4.72 Å². The lowest BCUT2D eigenvalue weighted by atomic mass is 10.1. The Labute approximate surface area is 164 Å². The topological polar surface area (TPSA) is 93.2 Å². The minimum atomic E-state index is -3.86. The van der Waals surface area contributed by atoms with Gasteiger partial charge in [0.15, 0.2) is 11.6 Å². The van der Waals surface area contributed by atoms with E-state index in [9.17, 15) is 8.42 Å². The molecule has 0 atom stereocenters. The zero-order chi connectivity index (χ0) is 20.1. The van der Waals surface area contributed by atoms with Crippen LogP contribution in [0.25, 0.3) is 0 Å². The van der Waals surface area contributed by atoms with Crippen molar-refractivity contribution in [3.8, 4) is 5.75 Å². The van der Waals surface area contributed by atoms with E-state index in [0.29, 0.717) is 5.82 Å². The number of aromatic nitrogens is 2. The van der Waals surface area contributed by atoms with Gasteiger partial charge in [0, 0.05) is 5.69 Å². The maximum absolute atomic E-state index is 12.7. The zero-order valence-corrected chi connectivity index (χ0v) is 16.7. The number of nitrogens with one attached hydrogen (secondary N) is 2. The molecule has 0 bridgehead atoms. The fraction of sp³-hybridized carbons (Fsp3) is 0.200. The van der Waals surface area contributed by atoms with Crippen LogP contribution in [0.1, 0.15) is 18.1 Å². The quantitative estimate of drug-likeness (QED) is 0.627. The van der Waals surface area contributed by atoms with E-state index >= 15 is 0 Å². The number of methoxy groups -OCH3 is 1. The summed E-state index contributed by atoms with van der Waals surface area (Å²) in [4.78, 5) is 0.0509. The summed E-state index contributed by atoms with van der Waals surface area (Å²) in [5, 5.41) is 11.1. The van der Waals surface area contributed by atoms with Crippen LogP contribution in [-0.4, -0.2) is 25.7 Å². The Morgan fingerprint density at radius 3 is 2.25 bits per heavy atom. The third-order valence-corrected chi connectivity index (χ3v) is 5.52. The Balaban J connectivity index is 1.75. The molecule has 0 spiro atoms. The van der Waals surface area contributed by atoms with Gasteiger partial charge in [0.05, 0.1) is 7.11 Å². The number of aryl methyl sites for hydroxylation is 2. The molecule has 146 valence electrons. The van der Waals surface area contributed by atoms with Crippen molar-refractivity contribution in [1.29, 1.82) is 0 Å². The molecule has 1 aromatic heterocycles. The number of nitrogens with zero attached hydrogens (tertiary/aromatic N) is 2. The SMILES string of the molecule is CCc1ccc(Nc2ccc(NS(=O)(=O)c3cc(C)ccc3OC)nn2)cc1. The summed E-state index contributed by atoms with van der Waals surface area (Å²) in [6, 6.07) is 16.1. The van der Waals surface area contributed by atoms with Gasteiger partial charge in [0.1, 0.15) is 10.6 Å². The highest BCUT2D eigenvalue weighted by atomic mass is 32.2. The second-order valence-electron chi connectivity index (χ2n) is 6.24. The summed E-state index contributed by atoms with van der Waals surface area (Å²) in [6.07, 6.45) is 0.973. The van der Waals surface area contributed by atoms with Gasteiger partial charge in [-0.1, -0.05) is 25.1 Å². The van der Waals surface area contributed by atoms with E-state index in [-0.39, 0.29) is 16.5 Å². The van der Waals surface area contributed by atoms with Crippen molar-refractivity contribution in [2.24, 2.45) is 0 Å². The first-order valence-electron chi connectivity index (χ1n) is 8.78. The fourth-order valence-electron chi connectivity index (χ4n) is 2.61. The van der Waals surface area contributed by atoms with Crippen LogP contribution in [0.4, 0.5) is 17.3 Å². The average molecular weight is 398 g/mol. The molecule has 0 unspecified atom stereocenters. The van der Waals surface area contributed by atoms with Crippen LogP contribution in [0.2, 0.25) is 0 Å². The summed E-state index contributed by atoms with van der Waals surface area (Å²) in [6.45, 7) is 3.91. The molecule has 2 aromatic carbocycles. The van der Waals surface area contributed by atoms with Gasteiger partial charge in [-0.05, 0) is 60.9 Å². The first kappa shape index (κ1) is 19.6. The Bertz CT molecular complexity index is 1050. The highest BCUT2D eigenvalue weighted by Crippen LogP contribution is 2.26. The van der Waals surface area contributed by atoms with E-state index in [1.807, 2.05) is 31.2 Å². The summed E-state index contributed by atoms with van der Waals surface area (Å²) >= 11 is 0. The Morgan fingerprint density at radius 2 is 1.64 bits per heavy atom. The molecule has 0 aliphatic carbocycles. The number of rotatable bonds is 7. The van der Waals surface area contributed by atoms with E-state index in [2.05, 4.69) is 27.2 Å². The second-order valence-corrected chi connectivity index (χ2v) is 7.89. The molecule has 0 saturated carbocycles. The third-order valence-electron chi connectivity index (χ3n) is 4.15. The summed E-state index contributed by atoms with van der Waals surface area (Å²) in [7, 11) is -2.43. The highest BCUT2D eigenvalue weighted by molar-refractivity contribution is 7.92. The molecule has 1 heterocycles. The van der Waals surface area contributed by atoms with Crippen LogP contribution in [0.5, 0.6) is 5.75 Å². The average Bonchev–Trinajstić information content (AvgIpc) is 2.70. The monoisotopic (exact) mass is 398 g/mol. The van der Waals surface area contributed by atoms with Crippen molar-refractivity contribution < 1.29 is 13.2 Å². The molecule has 28 heavy (non-hydrogen) atoms. The number of hydrogen-bond acceptors (Lipinski definition) is 6. The van der Waals surface area contributed by atoms with Crippen LogP contribution in [0, 0.1) is 6.92 Å². The van der Waals surface area contributed by atoms with Gasteiger partial charge in [0.2, 0.25) is 0 Å². The number of ether oxygens (including phenoxy) is 1. The van der Waals surface area contributed by atoms with Gasteiger partial charge >= 0.3 is 0 Å². The minimum Gasteiger partial charge on any atom is -0.495 e. The molecular formula is C20H22N4O3S. The summed E-state index contributed by atoms with van der Waals surface area (Å²) in [5.41, 5.74) is 2.93. The highest BCUT2D eigenvalue weighted by Gasteiger charge is 2.20. The Morgan fingerprint density at radius 1 is 0.964 bits per heavy atom. The molecule has 0 amide bonds. The lowest BCUT2D eigenvalue weighted by Crippen LogP contribution is -2.15. The van der Waals surface area contributed by atoms with Crippen molar-refractivity contribution in [3.05, 3.63) is 65.7 Å². The third kappa shape index (κ3) is 4.58. The van der Waals surface area contributed by atoms with Crippen LogP contribution < -0.4 is 14.8 Å². The number of hydrogen-bond donors (Lipinski definition) is 2. The molecule has 3 rings (SSSR count). The lowest BCUT2D eigenvalue weighted by Gasteiger charge is -2.12. The minimum absolute atomic E-state index is 0.0509. The van der Waals surface area contributed by atoms with Crippen molar-refractivity contribution in [3.63, 3.8) is 0 Å². The summed E-state index contributed by atoms with van der Waals surface area (Å²) in [5.74, 6) is 0.899. The first-order chi connectivity index (χ1) is 13.4. The van der Waals surface area contributed by atoms with Crippen molar-refractivity contribution in [2.75, 3.05) is 17.1 Å².